The Balaban J connectivity index is 1.53. The number of hydrogen-bond donors (Lipinski definition) is 1. The zero-order valence-electron chi connectivity index (χ0n) is 12.0. The summed E-state index contributed by atoms with van der Waals surface area (Å²) in [4.78, 5) is 13.3. The molecular formula is C16H16FN3OS. The minimum Gasteiger partial charge on any atom is -0.298 e. The van der Waals surface area contributed by atoms with Crippen LogP contribution >= 0.6 is 11.3 Å². The van der Waals surface area contributed by atoms with Crippen LogP contribution in [0.1, 0.15) is 18.4 Å². The smallest absolute Gasteiger partial charge is 0.202 e. The van der Waals surface area contributed by atoms with Crippen molar-refractivity contribution in [3.63, 3.8) is 0 Å². The van der Waals surface area contributed by atoms with Gasteiger partial charge in [0.1, 0.15) is 5.82 Å². The van der Waals surface area contributed by atoms with Gasteiger partial charge in [0.15, 0.2) is 5.84 Å². The van der Waals surface area contributed by atoms with Crippen LogP contribution in [0.3, 0.4) is 0 Å². The molecule has 3 saturated heterocycles. The number of benzene rings is 1. The first kappa shape index (κ1) is 13.0. The third-order valence-corrected chi connectivity index (χ3v) is 6.02. The standard InChI is InChI=1S/C16H16FN3OS/c17-13-8-22-14-7-10(1-2-12(13)14)15-18-16(21-19-15)9-20-5-3-11(16)4-6-20/h1-2,7-8,11H,3-6,9H2,(H,18,19)/t16-/m0/s1. The molecule has 0 saturated carbocycles. The summed E-state index contributed by atoms with van der Waals surface area (Å²) in [6, 6.07) is 5.72. The summed E-state index contributed by atoms with van der Waals surface area (Å²) in [5, 5.41) is 2.22. The first-order valence-electron chi connectivity index (χ1n) is 7.67. The summed E-state index contributed by atoms with van der Waals surface area (Å²) in [5.74, 6) is 1.10. The Kier molecular flexibility index (Phi) is 2.66. The van der Waals surface area contributed by atoms with Crippen molar-refractivity contribution in [3.8, 4) is 0 Å². The van der Waals surface area contributed by atoms with Gasteiger partial charge in [0.2, 0.25) is 5.72 Å². The molecule has 4 aliphatic rings. The molecule has 6 rings (SSSR count). The van der Waals surface area contributed by atoms with E-state index in [0.29, 0.717) is 11.3 Å². The monoisotopic (exact) mass is 317 g/mol. The van der Waals surface area contributed by atoms with Gasteiger partial charge in [-0.3, -0.25) is 4.90 Å². The fourth-order valence-electron chi connectivity index (χ4n) is 3.87. The Labute approximate surface area is 131 Å². The van der Waals surface area contributed by atoms with Crippen LogP contribution < -0.4 is 5.48 Å². The highest BCUT2D eigenvalue weighted by Crippen LogP contribution is 2.41. The number of nitrogens with zero attached hydrogens (tertiary/aromatic N) is 2. The third kappa shape index (κ3) is 1.77. The van der Waals surface area contributed by atoms with Gasteiger partial charge in [-0.1, -0.05) is 6.07 Å². The molecule has 1 spiro atoms. The van der Waals surface area contributed by atoms with Crippen molar-refractivity contribution in [3.05, 3.63) is 35.0 Å². The molecule has 1 aromatic carbocycles. The van der Waals surface area contributed by atoms with Crippen molar-refractivity contribution < 1.29 is 9.23 Å². The van der Waals surface area contributed by atoms with Gasteiger partial charge in [-0.2, -0.15) is 0 Å². The summed E-state index contributed by atoms with van der Waals surface area (Å²) in [6.07, 6.45) is 2.29. The lowest BCUT2D eigenvalue weighted by molar-refractivity contribution is -0.155. The fourth-order valence-corrected chi connectivity index (χ4v) is 4.72. The minimum atomic E-state index is -0.429. The third-order valence-electron chi connectivity index (χ3n) is 5.10. The van der Waals surface area contributed by atoms with E-state index in [9.17, 15) is 4.39 Å². The molecule has 1 N–H and O–H groups in total. The van der Waals surface area contributed by atoms with Crippen LogP contribution in [0.15, 0.2) is 28.6 Å². The maximum atomic E-state index is 13.6. The molecule has 0 amide bonds. The van der Waals surface area contributed by atoms with Gasteiger partial charge in [0.05, 0.1) is 6.54 Å². The molecule has 0 aliphatic carbocycles. The van der Waals surface area contributed by atoms with E-state index < -0.39 is 5.72 Å². The van der Waals surface area contributed by atoms with Gasteiger partial charge < -0.3 is 0 Å². The van der Waals surface area contributed by atoms with Crippen LogP contribution in [-0.2, 0) is 4.84 Å². The zero-order chi connectivity index (χ0) is 14.7. The molecular weight excluding hydrogens is 301 g/mol. The van der Waals surface area contributed by atoms with E-state index in [4.69, 9.17) is 9.83 Å². The molecule has 1 aromatic heterocycles. The Hall–Kier alpha value is -1.50. The van der Waals surface area contributed by atoms with Gasteiger partial charge >= 0.3 is 0 Å². The number of nitrogens with one attached hydrogen (secondary N) is 1. The molecule has 2 aromatic rings. The highest BCUT2D eigenvalue weighted by Gasteiger charge is 2.51. The van der Waals surface area contributed by atoms with Crippen LogP contribution in [0.2, 0.25) is 0 Å². The Morgan fingerprint density at radius 3 is 3.00 bits per heavy atom. The van der Waals surface area contributed by atoms with Crippen molar-refractivity contribution in [1.82, 2.24) is 10.4 Å². The molecule has 114 valence electrons. The van der Waals surface area contributed by atoms with Crippen LogP contribution in [0.4, 0.5) is 4.39 Å². The van der Waals surface area contributed by atoms with E-state index in [0.717, 1.165) is 48.6 Å². The SMILES string of the molecule is Fc1csc2cc(C3=N[C@@]4(CN5CCC4CC5)ON3)ccc12. The number of fused-ring (bicyclic) bond motifs is 3. The predicted molar refractivity (Wildman–Crippen MR) is 84.4 cm³/mol. The molecule has 2 bridgehead atoms. The Morgan fingerprint density at radius 1 is 1.36 bits per heavy atom. The molecule has 4 nitrogen and oxygen atoms in total. The van der Waals surface area contributed by atoms with Gasteiger partial charge in [0.25, 0.3) is 0 Å². The number of amidine groups is 1. The number of aliphatic imine (C=N–C) groups is 1. The average molecular weight is 317 g/mol. The summed E-state index contributed by atoms with van der Waals surface area (Å²) in [6.45, 7) is 3.17. The molecule has 22 heavy (non-hydrogen) atoms. The zero-order valence-corrected chi connectivity index (χ0v) is 12.8. The summed E-state index contributed by atoms with van der Waals surface area (Å²) in [7, 11) is 0. The van der Waals surface area contributed by atoms with Crippen molar-refractivity contribution in [2.45, 2.75) is 18.6 Å². The summed E-state index contributed by atoms with van der Waals surface area (Å²) in [5.41, 5.74) is 3.56. The molecule has 6 heteroatoms. The van der Waals surface area contributed by atoms with Gasteiger partial charge in [-0.25, -0.2) is 19.7 Å². The number of halogens is 1. The first-order chi connectivity index (χ1) is 10.7. The lowest BCUT2D eigenvalue weighted by Crippen LogP contribution is -2.58. The lowest BCUT2D eigenvalue weighted by Gasteiger charge is -2.47. The van der Waals surface area contributed by atoms with E-state index in [1.165, 1.54) is 11.3 Å². The normalized spacial score (nSPS) is 33.4. The number of piperidine rings is 3. The van der Waals surface area contributed by atoms with E-state index in [1.807, 2.05) is 18.2 Å². The van der Waals surface area contributed by atoms with Crippen molar-refractivity contribution in [1.29, 1.82) is 0 Å². The lowest BCUT2D eigenvalue weighted by atomic mass is 9.81. The molecule has 4 aliphatic heterocycles. The quantitative estimate of drug-likeness (QED) is 0.879. The van der Waals surface area contributed by atoms with Gasteiger partial charge in [-0.15, -0.1) is 11.3 Å². The molecule has 5 heterocycles. The van der Waals surface area contributed by atoms with Crippen molar-refractivity contribution in [2.75, 3.05) is 19.6 Å². The maximum absolute atomic E-state index is 13.6. The van der Waals surface area contributed by atoms with E-state index in [1.54, 1.807) is 5.38 Å². The fraction of sp³-hybridized carbons (Fsp3) is 0.438. The number of hydrogen-bond acceptors (Lipinski definition) is 5. The highest BCUT2D eigenvalue weighted by atomic mass is 32.1. The van der Waals surface area contributed by atoms with E-state index in [2.05, 4.69) is 10.4 Å². The molecule has 0 unspecified atom stereocenters. The summed E-state index contributed by atoms with van der Waals surface area (Å²) >= 11 is 1.42. The van der Waals surface area contributed by atoms with Crippen LogP contribution in [0.5, 0.6) is 0 Å². The van der Waals surface area contributed by atoms with Crippen LogP contribution in [0.25, 0.3) is 10.1 Å². The van der Waals surface area contributed by atoms with Crippen molar-refractivity contribution >= 4 is 27.3 Å². The number of hydroxylamine groups is 1. The first-order valence-corrected chi connectivity index (χ1v) is 8.55. The highest BCUT2D eigenvalue weighted by molar-refractivity contribution is 7.17. The van der Waals surface area contributed by atoms with Crippen LogP contribution in [-0.4, -0.2) is 36.1 Å². The van der Waals surface area contributed by atoms with E-state index >= 15 is 0 Å². The number of thiophene rings is 1. The topological polar surface area (TPSA) is 36.9 Å². The predicted octanol–water partition coefficient (Wildman–Crippen LogP) is 2.74. The van der Waals surface area contributed by atoms with E-state index in [-0.39, 0.29) is 5.82 Å². The van der Waals surface area contributed by atoms with Gasteiger partial charge in [0, 0.05) is 26.9 Å². The average Bonchev–Trinajstić information content (AvgIpc) is 3.13. The van der Waals surface area contributed by atoms with Gasteiger partial charge in [-0.05, 0) is 38.1 Å². The molecule has 3 fully saturated rings. The maximum Gasteiger partial charge on any atom is 0.202 e. The largest absolute Gasteiger partial charge is 0.298 e. The molecule has 1 atom stereocenters. The summed E-state index contributed by atoms with van der Waals surface area (Å²) < 4.78 is 14.5. The molecule has 0 radical (unpaired) electrons. The Morgan fingerprint density at radius 2 is 2.23 bits per heavy atom. The second-order valence-electron chi connectivity index (χ2n) is 6.35. The van der Waals surface area contributed by atoms with Crippen molar-refractivity contribution in [2.24, 2.45) is 10.9 Å². The second kappa shape index (κ2) is 4.50. The number of rotatable bonds is 1. The Bertz CT molecular complexity index is 781. The van der Waals surface area contributed by atoms with Crippen LogP contribution in [0, 0.1) is 11.7 Å². The second-order valence-corrected chi connectivity index (χ2v) is 7.27. The minimum absolute atomic E-state index is 0.155.